The number of hydrogen-bond acceptors (Lipinski definition) is 2. The zero-order chi connectivity index (χ0) is 13.1. The zero-order valence-electron chi connectivity index (χ0n) is 10.4. The summed E-state index contributed by atoms with van der Waals surface area (Å²) in [5, 5.41) is 12.9. The molecule has 17 heavy (non-hydrogen) atoms. The highest BCUT2D eigenvalue weighted by molar-refractivity contribution is 6.31. The predicted octanol–water partition coefficient (Wildman–Crippen LogP) is 4.03. The van der Waals surface area contributed by atoms with Crippen molar-refractivity contribution < 1.29 is 9.90 Å². The fourth-order valence-electron chi connectivity index (χ4n) is 1.55. The van der Waals surface area contributed by atoms with Crippen LogP contribution in [0.2, 0.25) is 5.02 Å². The van der Waals surface area contributed by atoms with Crippen LogP contribution < -0.4 is 5.32 Å². The summed E-state index contributed by atoms with van der Waals surface area (Å²) in [4.78, 5) is 11.1. The number of nitrogens with one attached hydrogen (secondary N) is 1. The van der Waals surface area contributed by atoms with Crippen LogP contribution in [0.25, 0.3) is 0 Å². The molecule has 4 heteroatoms. The van der Waals surface area contributed by atoms with Gasteiger partial charge in [0.2, 0.25) is 0 Å². The molecule has 0 aliphatic heterocycles. The van der Waals surface area contributed by atoms with Gasteiger partial charge in [-0.05, 0) is 38.0 Å². The predicted molar refractivity (Wildman–Crippen MR) is 71.0 cm³/mol. The number of rotatable bonds is 5. The highest BCUT2D eigenvalue weighted by Crippen LogP contribution is 2.26. The Balaban J connectivity index is 3.10. The molecule has 0 saturated carbocycles. The molecule has 1 rings (SSSR count). The van der Waals surface area contributed by atoms with Gasteiger partial charge in [0.25, 0.3) is 0 Å². The SMILES string of the molecule is CCC(C)(CC)Nc1ccc(Cl)cc1C(=O)O. The van der Waals surface area contributed by atoms with E-state index in [1.54, 1.807) is 12.1 Å². The molecule has 2 N–H and O–H groups in total. The number of benzene rings is 1. The first kappa shape index (κ1) is 13.8. The maximum absolute atomic E-state index is 11.1. The molecule has 0 atom stereocenters. The third-order valence-corrected chi connectivity index (χ3v) is 3.44. The summed E-state index contributed by atoms with van der Waals surface area (Å²) < 4.78 is 0. The van der Waals surface area contributed by atoms with Crippen molar-refractivity contribution in [1.29, 1.82) is 0 Å². The van der Waals surface area contributed by atoms with Gasteiger partial charge in [-0.1, -0.05) is 25.4 Å². The van der Waals surface area contributed by atoms with E-state index in [-0.39, 0.29) is 11.1 Å². The Kier molecular flexibility index (Phi) is 4.40. The third-order valence-electron chi connectivity index (χ3n) is 3.21. The molecule has 0 amide bonds. The number of halogens is 1. The van der Waals surface area contributed by atoms with Crippen LogP contribution in [0.1, 0.15) is 44.0 Å². The number of carboxylic acid groups (broad SMARTS) is 1. The maximum atomic E-state index is 11.1. The summed E-state index contributed by atoms with van der Waals surface area (Å²) in [6.45, 7) is 6.23. The Bertz CT molecular complexity index is 414. The van der Waals surface area contributed by atoms with Gasteiger partial charge >= 0.3 is 5.97 Å². The van der Waals surface area contributed by atoms with Gasteiger partial charge in [0.1, 0.15) is 0 Å². The molecule has 0 fully saturated rings. The second-order valence-electron chi connectivity index (χ2n) is 4.39. The van der Waals surface area contributed by atoms with Crippen LogP contribution in [0.4, 0.5) is 5.69 Å². The van der Waals surface area contributed by atoms with Gasteiger partial charge in [-0.3, -0.25) is 0 Å². The standard InChI is InChI=1S/C13H18ClNO2/c1-4-13(3,5-2)15-11-7-6-9(14)8-10(11)12(16)17/h6-8,15H,4-5H2,1-3H3,(H,16,17). The van der Waals surface area contributed by atoms with Crippen molar-refractivity contribution in [3.05, 3.63) is 28.8 Å². The third kappa shape index (κ3) is 3.37. The van der Waals surface area contributed by atoms with Gasteiger partial charge in [-0.15, -0.1) is 0 Å². The van der Waals surface area contributed by atoms with E-state index in [2.05, 4.69) is 26.1 Å². The van der Waals surface area contributed by atoms with Crippen molar-refractivity contribution in [2.45, 2.75) is 39.2 Å². The molecule has 0 spiro atoms. The van der Waals surface area contributed by atoms with Gasteiger partial charge in [0.05, 0.1) is 5.56 Å². The second kappa shape index (κ2) is 5.41. The van der Waals surface area contributed by atoms with E-state index in [9.17, 15) is 4.79 Å². The van der Waals surface area contributed by atoms with Crippen molar-refractivity contribution in [1.82, 2.24) is 0 Å². The van der Waals surface area contributed by atoms with Crippen molar-refractivity contribution in [2.75, 3.05) is 5.32 Å². The van der Waals surface area contributed by atoms with Crippen LogP contribution in [0.5, 0.6) is 0 Å². The normalized spacial score (nSPS) is 11.3. The quantitative estimate of drug-likeness (QED) is 0.835. The molecular formula is C13H18ClNO2. The lowest BCUT2D eigenvalue weighted by Crippen LogP contribution is -2.33. The minimum absolute atomic E-state index is 0.0992. The first-order chi connectivity index (χ1) is 7.91. The van der Waals surface area contributed by atoms with E-state index >= 15 is 0 Å². The van der Waals surface area contributed by atoms with Crippen molar-refractivity contribution in [3.63, 3.8) is 0 Å². The number of aromatic carboxylic acids is 1. The van der Waals surface area contributed by atoms with Gasteiger partial charge in [-0.25, -0.2) is 4.79 Å². The van der Waals surface area contributed by atoms with E-state index < -0.39 is 5.97 Å². The van der Waals surface area contributed by atoms with Gasteiger partial charge < -0.3 is 10.4 Å². The van der Waals surface area contributed by atoms with Crippen LogP contribution in [0.15, 0.2) is 18.2 Å². The summed E-state index contributed by atoms with van der Waals surface area (Å²) in [6.07, 6.45) is 1.84. The van der Waals surface area contributed by atoms with E-state index in [0.717, 1.165) is 12.8 Å². The summed E-state index contributed by atoms with van der Waals surface area (Å²) in [5.74, 6) is -0.968. The lowest BCUT2D eigenvalue weighted by molar-refractivity contribution is 0.0698. The van der Waals surface area contributed by atoms with E-state index in [1.807, 2.05) is 0 Å². The Morgan fingerprint density at radius 3 is 2.47 bits per heavy atom. The van der Waals surface area contributed by atoms with Crippen LogP contribution in [0.3, 0.4) is 0 Å². The molecular weight excluding hydrogens is 238 g/mol. The summed E-state index contributed by atoms with van der Waals surface area (Å²) in [5.41, 5.74) is 0.733. The van der Waals surface area contributed by atoms with E-state index in [1.165, 1.54) is 6.07 Å². The summed E-state index contributed by atoms with van der Waals surface area (Å²) in [6, 6.07) is 4.88. The maximum Gasteiger partial charge on any atom is 0.337 e. The molecule has 0 heterocycles. The Morgan fingerprint density at radius 2 is 2.00 bits per heavy atom. The fraction of sp³-hybridized carbons (Fsp3) is 0.462. The Labute approximate surface area is 107 Å². The zero-order valence-corrected chi connectivity index (χ0v) is 11.1. The molecule has 0 radical (unpaired) electrons. The molecule has 3 nitrogen and oxygen atoms in total. The largest absolute Gasteiger partial charge is 0.478 e. The first-order valence-electron chi connectivity index (χ1n) is 5.73. The topological polar surface area (TPSA) is 49.3 Å². The molecule has 1 aromatic rings. The molecule has 0 aliphatic rings. The number of anilines is 1. The van der Waals surface area contributed by atoms with Crippen molar-refractivity contribution >= 4 is 23.3 Å². The summed E-state index contributed by atoms with van der Waals surface area (Å²) >= 11 is 5.81. The van der Waals surface area contributed by atoms with Gasteiger partial charge in [0.15, 0.2) is 0 Å². The van der Waals surface area contributed by atoms with Gasteiger partial charge in [0, 0.05) is 16.2 Å². The van der Waals surface area contributed by atoms with Gasteiger partial charge in [-0.2, -0.15) is 0 Å². The van der Waals surface area contributed by atoms with Crippen LogP contribution in [0, 0.1) is 0 Å². The highest BCUT2D eigenvalue weighted by Gasteiger charge is 2.21. The highest BCUT2D eigenvalue weighted by atomic mass is 35.5. The molecule has 0 aliphatic carbocycles. The smallest absolute Gasteiger partial charge is 0.337 e. The first-order valence-corrected chi connectivity index (χ1v) is 6.10. The molecule has 0 unspecified atom stereocenters. The second-order valence-corrected chi connectivity index (χ2v) is 4.82. The number of hydrogen-bond donors (Lipinski definition) is 2. The minimum Gasteiger partial charge on any atom is -0.478 e. The Morgan fingerprint density at radius 1 is 1.41 bits per heavy atom. The number of carboxylic acids is 1. The average Bonchev–Trinajstić information content (AvgIpc) is 2.31. The van der Waals surface area contributed by atoms with Crippen LogP contribution in [-0.2, 0) is 0 Å². The van der Waals surface area contributed by atoms with Crippen molar-refractivity contribution in [2.24, 2.45) is 0 Å². The Hall–Kier alpha value is -1.22. The fourth-order valence-corrected chi connectivity index (χ4v) is 1.73. The monoisotopic (exact) mass is 255 g/mol. The van der Waals surface area contributed by atoms with E-state index in [0.29, 0.717) is 10.7 Å². The minimum atomic E-state index is -0.968. The molecule has 0 saturated heterocycles. The average molecular weight is 256 g/mol. The molecule has 0 bridgehead atoms. The summed E-state index contributed by atoms with van der Waals surface area (Å²) in [7, 11) is 0. The molecule has 94 valence electrons. The molecule has 0 aromatic heterocycles. The van der Waals surface area contributed by atoms with Crippen LogP contribution >= 0.6 is 11.6 Å². The molecule has 1 aromatic carbocycles. The van der Waals surface area contributed by atoms with Crippen molar-refractivity contribution in [3.8, 4) is 0 Å². The number of carbonyl (C=O) groups is 1. The van der Waals surface area contributed by atoms with E-state index in [4.69, 9.17) is 16.7 Å². The van der Waals surface area contributed by atoms with Crippen LogP contribution in [-0.4, -0.2) is 16.6 Å². The lowest BCUT2D eigenvalue weighted by atomic mass is 9.94. The lowest BCUT2D eigenvalue weighted by Gasteiger charge is -2.30.